The van der Waals surface area contributed by atoms with Gasteiger partial charge in [-0.3, -0.25) is 0 Å². The maximum atomic E-state index is 8.75. The van der Waals surface area contributed by atoms with Gasteiger partial charge in [-0.1, -0.05) is 31.4 Å². The maximum absolute atomic E-state index is 8.75. The molecule has 2 aromatic heterocycles. The summed E-state index contributed by atoms with van der Waals surface area (Å²) in [7, 11) is 0. The van der Waals surface area contributed by atoms with E-state index in [-0.39, 0.29) is 16.4 Å². The highest BCUT2D eigenvalue weighted by Gasteiger charge is 2.44. The van der Waals surface area contributed by atoms with Crippen LogP contribution in [0.3, 0.4) is 0 Å². The molecule has 0 unspecified atom stereocenters. The van der Waals surface area contributed by atoms with E-state index >= 15 is 0 Å². The summed E-state index contributed by atoms with van der Waals surface area (Å²) in [4.78, 5) is 8.10. The molecule has 3 heterocycles. The Balaban J connectivity index is 2.14. The van der Waals surface area contributed by atoms with Gasteiger partial charge in [-0.15, -0.1) is 6.42 Å². The molecule has 0 radical (unpaired) electrons. The van der Waals surface area contributed by atoms with Gasteiger partial charge in [-0.2, -0.15) is 4.98 Å². The standard InChI is InChI=1S/C15H15Cl2N3O/c1-4-15(5-2)9(3)8-11(21-15)20-7-6-10-12(16)18-14(17)19-13(10)20/h1,6-7,9,11H,5,8H2,2-3H3/t9-,11+,15+/m0/s1/i11D. The van der Waals surface area contributed by atoms with E-state index in [1.165, 1.54) is 0 Å². The number of fused-ring (bicyclic) bond motifs is 1. The van der Waals surface area contributed by atoms with Gasteiger partial charge in [0.05, 0.1) is 6.76 Å². The number of ether oxygens (including phenoxy) is 1. The second-order valence-corrected chi connectivity index (χ2v) is 5.89. The van der Waals surface area contributed by atoms with Crippen molar-refractivity contribution in [2.75, 3.05) is 0 Å². The fraction of sp³-hybridized carbons (Fsp3) is 0.467. The van der Waals surface area contributed by atoms with Crippen LogP contribution in [0.25, 0.3) is 11.0 Å². The Morgan fingerprint density at radius 2 is 2.38 bits per heavy atom. The van der Waals surface area contributed by atoms with Crippen molar-refractivity contribution < 1.29 is 6.11 Å². The van der Waals surface area contributed by atoms with Gasteiger partial charge in [-0.25, -0.2) is 4.98 Å². The van der Waals surface area contributed by atoms with Crippen molar-refractivity contribution in [2.24, 2.45) is 5.92 Å². The normalized spacial score (nSPS) is 33.1. The molecule has 0 aliphatic carbocycles. The van der Waals surface area contributed by atoms with E-state index in [1.807, 2.05) is 13.8 Å². The zero-order chi connectivity index (χ0) is 16.1. The molecule has 1 aliphatic rings. The summed E-state index contributed by atoms with van der Waals surface area (Å²) in [5.41, 5.74) is -0.282. The summed E-state index contributed by atoms with van der Waals surface area (Å²) in [5.74, 6) is 2.77. The van der Waals surface area contributed by atoms with Crippen molar-refractivity contribution in [1.29, 1.82) is 0 Å². The molecule has 3 atom stereocenters. The first-order valence-electron chi connectivity index (χ1n) is 7.24. The van der Waals surface area contributed by atoms with Crippen LogP contribution in [0.1, 0.15) is 34.3 Å². The molecule has 3 rings (SSSR count). The van der Waals surface area contributed by atoms with Crippen molar-refractivity contribution in [3.63, 3.8) is 0 Å². The van der Waals surface area contributed by atoms with Crippen LogP contribution in [0.15, 0.2) is 12.3 Å². The zero-order valence-corrected chi connectivity index (χ0v) is 13.2. The number of hydrogen-bond donors (Lipinski definition) is 0. The van der Waals surface area contributed by atoms with Crippen molar-refractivity contribution in [3.8, 4) is 12.3 Å². The number of aromatic nitrogens is 3. The smallest absolute Gasteiger partial charge is 0.225 e. The van der Waals surface area contributed by atoms with E-state index in [4.69, 9.17) is 35.7 Å². The minimum absolute atomic E-state index is 0.0331. The molecule has 2 aromatic rings. The third-order valence-corrected chi connectivity index (χ3v) is 4.54. The molecule has 0 saturated carbocycles. The molecule has 6 heteroatoms. The van der Waals surface area contributed by atoms with E-state index in [0.29, 0.717) is 23.9 Å². The van der Waals surface area contributed by atoms with Gasteiger partial charge in [0, 0.05) is 12.1 Å². The van der Waals surface area contributed by atoms with Crippen LogP contribution in [-0.4, -0.2) is 20.1 Å². The summed E-state index contributed by atoms with van der Waals surface area (Å²) >= 11 is 12.0. The Kier molecular flexibility index (Phi) is 3.30. The Hall–Kier alpha value is -1.28. The highest BCUT2D eigenvalue weighted by Crippen LogP contribution is 2.44. The van der Waals surface area contributed by atoms with Crippen LogP contribution in [0, 0.1) is 18.3 Å². The molecule has 21 heavy (non-hydrogen) atoms. The number of rotatable bonds is 2. The molecule has 1 aliphatic heterocycles. The SMILES string of the molecule is [2H][C@]1(n2ccc3c(Cl)nc(Cl)nc32)C[C@H](C)[C@@](C#C)(CC)O1. The third-order valence-electron chi connectivity index (χ3n) is 4.09. The molecule has 0 amide bonds. The molecule has 0 aromatic carbocycles. The lowest BCUT2D eigenvalue weighted by Gasteiger charge is -2.26. The van der Waals surface area contributed by atoms with E-state index in [9.17, 15) is 0 Å². The van der Waals surface area contributed by atoms with E-state index in [0.717, 1.165) is 0 Å². The number of terminal acetylenes is 1. The second-order valence-electron chi connectivity index (χ2n) is 5.19. The second kappa shape index (κ2) is 5.17. The first-order chi connectivity index (χ1) is 10.3. The lowest BCUT2D eigenvalue weighted by molar-refractivity contribution is -0.0462. The van der Waals surface area contributed by atoms with Crippen molar-refractivity contribution in [3.05, 3.63) is 22.7 Å². The van der Waals surface area contributed by atoms with Crippen LogP contribution in [-0.2, 0) is 4.74 Å². The Morgan fingerprint density at radius 3 is 3.00 bits per heavy atom. The summed E-state index contributed by atoms with van der Waals surface area (Å²) in [6, 6.07) is 1.75. The molecule has 0 N–H and O–H groups in total. The monoisotopic (exact) mass is 324 g/mol. The van der Waals surface area contributed by atoms with Gasteiger partial charge < -0.3 is 9.30 Å². The van der Waals surface area contributed by atoms with Gasteiger partial charge in [0.15, 0.2) is 0 Å². The van der Waals surface area contributed by atoms with Crippen LogP contribution >= 0.6 is 23.2 Å². The molecule has 0 spiro atoms. The largest absolute Gasteiger partial charge is 0.339 e. The quantitative estimate of drug-likeness (QED) is 0.475. The average Bonchev–Trinajstić information content (AvgIpc) is 2.99. The highest BCUT2D eigenvalue weighted by molar-refractivity contribution is 6.35. The first-order valence-corrected chi connectivity index (χ1v) is 7.49. The van der Waals surface area contributed by atoms with Crippen LogP contribution in [0.2, 0.25) is 10.4 Å². The van der Waals surface area contributed by atoms with Gasteiger partial charge in [0.25, 0.3) is 0 Å². The Labute approximate surface area is 134 Å². The minimum Gasteiger partial charge on any atom is -0.339 e. The molecular weight excluding hydrogens is 309 g/mol. The number of hydrogen-bond acceptors (Lipinski definition) is 3. The molecule has 1 saturated heterocycles. The number of halogens is 2. The summed E-state index contributed by atoms with van der Waals surface area (Å²) in [5, 5.41) is 0.913. The Bertz CT molecular complexity index is 787. The summed E-state index contributed by atoms with van der Waals surface area (Å²) in [6.07, 6.45) is 7.13. The fourth-order valence-electron chi connectivity index (χ4n) is 2.78. The maximum Gasteiger partial charge on any atom is 0.225 e. The predicted octanol–water partition coefficient (Wildman–Crippen LogP) is 4.08. The fourth-order valence-corrected chi connectivity index (χ4v) is 3.21. The van der Waals surface area contributed by atoms with E-state index < -0.39 is 11.8 Å². The third kappa shape index (κ3) is 2.20. The van der Waals surface area contributed by atoms with E-state index in [2.05, 4.69) is 15.9 Å². The summed E-state index contributed by atoms with van der Waals surface area (Å²) in [6.45, 7) is 3.96. The van der Waals surface area contributed by atoms with Crippen LogP contribution in [0.4, 0.5) is 0 Å². The van der Waals surface area contributed by atoms with E-state index in [1.54, 1.807) is 16.8 Å². The summed E-state index contributed by atoms with van der Waals surface area (Å²) < 4.78 is 16.4. The molecular formula is C15H15Cl2N3O. The van der Waals surface area contributed by atoms with Gasteiger partial charge in [-0.05, 0) is 30.5 Å². The topological polar surface area (TPSA) is 39.9 Å². The molecule has 110 valence electrons. The molecule has 4 nitrogen and oxygen atoms in total. The van der Waals surface area contributed by atoms with Crippen LogP contribution < -0.4 is 0 Å². The molecule has 1 fully saturated rings. The van der Waals surface area contributed by atoms with Gasteiger partial charge in [0.2, 0.25) is 5.28 Å². The average molecular weight is 325 g/mol. The van der Waals surface area contributed by atoms with Crippen LogP contribution in [0.5, 0.6) is 0 Å². The zero-order valence-electron chi connectivity index (χ0n) is 12.7. The lowest BCUT2D eigenvalue weighted by atomic mass is 9.87. The highest BCUT2D eigenvalue weighted by atomic mass is 35.5. The molecule has 0 bridgehead atoms. The first kappa shape index (κ1) is 13.4. The van der Waals surface area contributed by atoms with Crippen molar-refractivity contribution >= 4 is 34.2 Å². The number of nitrogens with zero attached hydrogens (tertiary/aromatic N) is 3. The lowest BCUT2D eigenvalue weighted by Crippen LogP contribution is -2.31. The Morgan fingerprint density at radius 1 is 1.62 bits per heavy atom. The predicted molar refractivity (Wildman–Crippen MR) is 83.3 cm³/mol. The van der Waals surface area contributed by atoms with Crippen molar-refractivity contribution in [1.82, 2.24) is 14.5 Å². The van der Waals surface area contributed by atoms with Gasteiger partial charge >= 0.3 is 0 Å². The minimum atomic E-state index is -1.34. The van der Waals surface area contributed by atoms with Gasteiger partial charge in [0.1, 0.15) is 22.6 Å². The van der Waals surface area contributed by atoms with Crippen molar-refractivity contribution in [2.45, 2.75) is 38.5 Å².